The number of benzene rings is 2. The van der Waals surface area contributed by atoms with Crippen molar-refractivity contribution in [3.05, 3.63) is 81.6 Å². The number of hydrogen-bond acceptors (Lipinski definition) is 7. The number of carbonyl (C=O) groups excluding carboxylic acids is 1. The van der Waals surface area contributed by atoms with E-state index in [0.717, 1.165) is 19.8 Å². The second-order valence-corrected chi connectivity index (χ2v) is 11.1. The molecular formula is C23H19BrN5NaO3S2. The quantitative estimate of drug-likeness (QED) is 0.334. The number of sulfonamides is 1. The van der Waals surface area contributed by atoms with Gasteiger partial charge in [0, 0.05) is 42.4 Å². The van der Waals surface area contributed by atoms with Gasteiger partial charge in [-0.2, -0.15) is 0 Å². The summed E-state index contributed by atoms with van der Waals surface area (Å²) in [4.78, 5) is 25.8. The Hall–Kier alpha value is -2.02. The zero-order chi connectivity index (χ0) is 23.7. The first kappa shape index (κ1) is 26.1. The molecule has 12 heteroatoms. The number of thiazole rings is 1. The van der Waals surface area contributed by atoms with Crippen molar-refractivity contribution >= 4 is 64.2 Å². The van der Waals surface area contributed by atoms with Gasteiger partial charge in [0.05, 0.1) is 10.2 Å². The molecule has 0 spiro atoms. The average molecular weight is 580 g/mol. The standard InChI is InChI=1S/C23H20BrN5O3S2.Na/c24-16-8-9-19-20(15-16)33-23(26-19)29-13-11-28(12-14-29)22(30)17-5-1-2-6-18(17)27-34(31,32)21-7-3-4-10-25-21;/h1-10,15H,11-14H2,(H,27,30);/q;+1/p-1. The number of carbonyl (C=O) groups is 1. The van der Waals surface area contributed by atoms with E-state index in [1.165, 1.54) is 18.3 Å². The predicted molar refractivity (Wildman–Crippen MR) is 136 cm³/mol. The van der Waals surface area contributed by atoms with Crippen molar-refractivity contribution in [2.45, 2.75) is 5.03 Å². The van der Waals surface area contributed by atoms with E-state index >= 15 is 0 Å². The molecule has 8 nitrogen and oxygen atoms in total. The summed E-state index contributed by atoms with van der Waals surface area (Å²) in [6.45, 7) is 2.27. The molecule has 2 aromatic carbocycles. The Bertz CT molecular complexity index is 1460. The summed E-state index contributed by atoms with van der Waals surface area (Å²) in [7, 11) is -4.04. The van der Waals surface area contributed by atoms with E-state index in [-0.39, 0.29) is 51.7 Å². The number of rotatable bonds is 5. The number of halogens is 1. The summed E-state index contributed by atoms with van der Waals surface area (Å²) in [6.07, 6.45) is 1.39. The maximum Gasteiger partial charge on any atom is 1.00 e. The summed E-state index contributed by atoms with van der Waals surface area (Å²) in [6, 6.07) is 17.1. The third-order valence-corrected chi connectivity index (χ3v) is 8.21. The number of piperazine rings is 1. The van der Waals surface area contributed by atoms with Gasteiger partial charge in [-0.25, -0.2) is 18.4 Å². The molecule has 3 heterocycles. The molecule has 4 aromatic rings. The van der Waals surface area contributed by atoms with E-state index in [1.807, 2.05) is 12.1 Å². The van der Waals surface area contributed by atoms with E-state index in [9.17, 15) is 13.2 Å². The zero-order valence-corrected chi connectivity index (χ0v) is 24.1. The van der Waals surface area contributed by atoms with E-state index in [0.29, 0.717) is 26.2 Å². The molecule has 0 radical (unpaired) electrons. The molecule has 0 bridgehead atoms. The molecule has 1 aliphatic heterocycles. The molecule has 5 rings (SSSR count). The molecule has 0 saturated carbocycles. The second kappa shape index (κ2) is 10.9. The fourth-order valence-electron chi connectivity index (χ4n) is 3.70. The Kier molecular flexibility index (Phi) is 8.14. The van der Waals surface area contributed by atoms with Gasteiger partial charge >= 0.3 is 29.6 Å². The first-order valence-electron chi connectivity index (χ1n) is 10.5. The van der Waals surface area contributed by atoms with Gasteiger partial charge in [-0.3, -0.25) is 4.79 Å². The SMILES string of the molecule is O=C(c1ccccc1[N-]S(=O)(=O)c1ccccn1)N1CCN(c2nc3ccc(Br)cc3s2)CC1.[Na+]. The number of amides is 1. The van der Waals surface area contributed by atoms with Crippen LogP contribution in [0, 0.1) is 0 Å². The van der Waals surface area contributed by atoms with Crippen LogP contribution in [0.1, 0.15) is 10.4 Å². The monoisotopic (exact) mass is 579 g/mol. The van der Waals surface area contributed by atoms with Gasteiger partial charge in [0.1, 0.15) is 15.0 Å². The van der Waals surface area contributed by atoms with Crippen LogP contribution in [-0.4, -0.2) is 55.4 Å². The van der Waals surface area contributed by atoms with Crippen molar-refractivity contribution in [2.24, 2.45) is 0 Å². The van der Waals surface area contributed by atoms with Gasteiger partial charge in [-0.15, -0.1) is 5.69 Å². The van der Waals surface area contributed by atoms with Crippen molar-refractivity contribution in [1.82, 2.24) is 14.9 Å². The van der Waals surface area contributed by atoms with Gasteiger partial charge in [0.25, 0.3) is 5.91 Å². The molecule has 1 saturated heterocycles. The van der Waals surface area contributed by atoms with Crippen molar-refractivity contribution < 1.29 is 42.8 Å². The summed E-state index contributed by atoms with van der Waals surface area (Å²) in [5.41, 5.74) is 1.31. The van der Waals surface area contributed by atoms with Crippen LogP contribution in [0.25, 0.3) is 14.9 Å². The van der Waals surface area contributed by atoms with Gasteiger partial charge in [-0.1, -0.05) is 57.6 Å². The van der Waals surface area contributed by atoms with Crippen LogP contribution in [0.3, 0.4) is 0 Å². The Morgan fingerprint density at radius 2 is 1.74 bits per heavy atom. The third-order valence-electron chi connectivity index (χ3n) is 5.43. The summed E-state index contributed by atoms with van der Waals surface area (Å²) >= 11 is 5.12. The number of aromatic nitrogens is 2. The largest absolute Gasteiger partial charge is 1.00 e. The van der Waals surface area contributed by atoms with Crippen LogP contribution >= 0.6 is 27.3 Å². The minimum atomic E-state index is -4.04. The van der Waals surface area contributed by atoms with Crippen LogP contribution in [0.15, 0.2) is 76.4 Å². The van der Waals surface area contributed by atoms with Crippen molar-refractivity contribution in [2.75, 3.05) is 31.1 Å². The normalized spacial score (nSPS) is 14.0. The molecule has 0 atom stereocenters. The summed E-state index contributed by atoms with van der Waals surface area (Å²) < 4.78 is 31.4. The Morgan fingerprint density at radius 3 is 2.49 bits per heavy atom. The van der Waals surface area contributed by atoms with Gasteiger partial charge in [0.2, 0.25) is 0 Å². The fraction of sp³-hybridized carbons (Fsp3) is 0.174. The van der Waals surface area contributed by atoms with E-state index < -0.39 is 10.0 Å². The molecule has 0 unspecified atom stereocenters. The Morgan fingerprint density at radius 1 is 1.00 bits per heavy atom. The van der Waals surface area contributed by atoms with Gasteiger partial charge in [-0.05, 0) is 30.3 Å². The van der Waals surface area contributed by atoms with Gasteiger partial charge in [0.15, 0.2) is 5.13 Å². The minimum Gasteiger partial charge on any atom is -0.571 e. The number of anilines is 1. The molecule has 174 valence electrons. The molecule has 1 aliphatic rings. The van der Waals surface area contributed by atoms with Crippen molar-refractivity contribution in [3.8, 4) is 0 Å². The Balaban J connectivity index is 0.00000289. The van der Waals surface area contributed by atoms with E-state index in [1.54, 1.807) is 46.6 Å². The van der Waals surface area contributed by atoms with Crippen LogP contribution in [0.5, 0.6) is 0 Å². The second-order valence-electron chi connectivity index (χ2n) is 7.64. The van der Waals surface area contributed by atoms with Gasteiger partial charge < -0.3 is 14.5 Å². The summed E-state index contributed by atoms with van der Waals surface area (Å²) in [5, 5.41) is 0.769. The molecule has 1 amide bonds. The maximum absolute atomic E-state index is 13.3. The van der Waals surface area contributed by atoms with Crippen LogP contribution in [0.2, 0.25) is 0 Å². The first-order valence-corrected chi connectivity index (χ1v) is 13.5. The topological polar surface area (TPSA) is 97.6 Å². The first-order chi connectivity index (χ1) is 16.4. The predicted octanol–water partition coefficient (Wildman–Crippen LogP) is 1.81. The van der Waals surface area contributed by atoms with E-state index in [4.69, 9.17) is 4.98 Å². The van der Waals surface area contributed by atoms with E-state index in [2.05, 4.69) is 36.6 Å². The number of hydrogen-bond donors (Lipinski definition) is 0. The van der Waals surface area contributed by atoms with Crippen LogP contribution < -0.4 is 34.5 Å². The fourth-order valence-corrected chi connectivity index (χ4v) is 6.23. The molecule has 0 N–H and O–H groups in total. The molecule has 35 heavy (non-hydrogen) atoms. The van der Waals surface area contributed by atoms with Crippen LogP contribution in [0.4, 0.5) is 10.8 Å². The smallest absolute Gasteiger partial charge is 0.571 e. The van der Waals surface area contributed by atoms with Crippen molar-refractivity contribution in [1.29, 1.82) is 0 Å². The molecule has 1 fully saturated rings. The average Bonchev–Trinajstić information content (AvgIpc) is 3.28. The van der Waals surface area contributed by atoms with Crippen LogP contribution in [-0.2, 0) is 10.0 Å². The number of fused-ring (bicyclic) bond motifs is 1. The molecule has 0 aliphatic carbocycles. The Labute approximate surface area is 237 Å². The molecule has 2 aromatic heterocycles. The maximum atomic E-state index is 13.3. The third kappa shape index (κ3) is 5.71. The number of nitrogens with zero attached hydrogens (tertiary/aromatic N) is 5. The molecular weight excluding hydrogens is 561 g/mol. The van der Waals surface area contributed by atoms with Crippen molar-refractivity contribution in [3.63, 3.8) is 0 Å². The minimum absolute atomic E-state index is 0. The summed E-state index contributed by atoms with van der Waals surface area (Å²) in [5.74, 6) is -0.247. The number of pyridine rings is 1. The zero-order valence-electron chi connectivity index (χ0n) is 18.8.